The van der Waals surface area contributed by atoms with Crippen LogP contribution in [0.3, 0.4) is 0 Å². The number of unbranched alkanes of at least 4 members (excludes halogenated alkanes) is 39. The molecular weight excluding hydrogens is 1010 g/mol. The van der Waals surface area contributed by atoms with Crippen molar-refractivity contribution >= 4 is 11.9 Å². The van der Waals surface area contributed by atoms with Crippen molar-refractivity contribution in [3.63, 3.8) is 0 Å². The molecule has 81 heavy (non-hydrogen) atoms. The Morgan fingerprint density at radius 3 is 1.33 bits per heavy atom. The summed E-state index contributed by atoms with van der Waals surface area (Å²) >= 11 is 0. The molecule has 1 fully saturated rings. The number of esters is 1. The average Bonchev–Trinajstić information content (AvgIpc) is 3.53. The molecule has 11 heteroatoms. The number of aliphatic hydroxyl groups is 5. The van der Waals surface area contributed by atoms with Gasteiger partial charge in [0.25, 0.3) is 0 Å². The molecule has 1 heterocycles. The molecule has 8 unspecified atom stereocenters. The molecule has 0 aliphatic carbocycles. The zero-order valence-electron chi connectivity index (χ0n) is 52.7. The van der Waals surface area contributed by atoms with Crippen molar-refractivity contribution in [1.82, 2.24) is 5.32 Å². The lowest BCUT2D eigenvalue weighted by Gasteiger charge is -2.41. The van der Waals surface area contributed by atoms with Crippen LogP contribution in [-0.2, 0) is 23.8 Å². The van der Waals surface area contributed by atoms with Gasteiger partial charge in [0.05, 0.1) is 25.4 Å². The third-order valence-electron chi connectivity index (χ3n) is 16.2. The Labute approximate surface area is 497 Å². The lowest BCUT2D eigenvalue weighted by atomic mass is 9.99. The normalized spacial score (nSPS) is 18.9. The van der Waals surface area contributed by atoms with Crippen LogP contribution in [0.5, 0.6) is 0 Å². The smallest absolute Gasteiger partial charge is 0.306 e. The maximum Gasteiger partial charge on any atom is 0.306 e. The number of hydrogen-bond acceptors (Lipinski definition) is 10. The molecule has 11 nitrogen and oxygen atoms in total. The lowest BCUT2D eigenvalue weighted by Crippen LogP contribution is -2.61. The van der Waals surface area contributed by atoms with E-state index >= 15 is 0 Å². The number of carbonyl (C=O) groups is 2. The number of aliphatic hydroxyl groups excluding tert-OH is 5. The van der Waals surface area contributed by atoms with Crippen molar-refractivity contribution in [2.45, 2.75) is 372 Å². The van der Waals surface area contributed by atoms with Crippen LogP contribution in [0.2, 0.25) is 0 Å². The molecule has 1 rings (SSSR count). The predicted molar refractivity (Wildman–Crippen MR) is 338 cm³/mol. The molecule has 6 N–H and O–H groups in total. The van der Waals surface area contributed by atoms with Crippen molar-refractivity contribution in [3.05, 3.63) is 48.6 Å². The van der Waals surface area contributed by atoms with Crippen molar-refractivity contribution in [2.24, 2.45) is 0 Å². The van der Waals surface area contributed by atoms with Gasteiger partial charge in [-0.05, 0) is 77.0 Å². The van der Waals surface area contributed by atoms with Crippen LogP contribution in [0.4, 0.5) is 0 Å². The van der Waals surface area contributed by atoms with Gasteiger partial charge in [-0.15, -0.1) is 0 Å². The third kappa shape index (κ3) is 45.6. The molecule has 0 bridgehead atoms. The van der Waals surface area contributed by atoms with Crippen molar-refractivity contribution in [1.29, 1.82) is 0 Å². The number of allylic oxidation sites excluding steroid dienone is 7. The Morgan fingerprint density at radius 1 is 0.494 bits per heavy atom. The lowest BCUT2D eigenvalue weighted by molar-refractivity contribution is -0.305. The van der Waals surface area contributed by atoms with Crippen molar-refractivity contribution < 1.29 is 49.3 Å². The molecule has 0 spiro atoms. The Kier molecular flexibility index (Phi) is 54.9. The molecular formula is C70H129NO10. The molecule has 8 atom stereocenters. The van der Waals surface area contributed by atoms with Crippen LogP contribution in [0.15, 0.2) is 48.6 Å². The number of rotatable bonds is 59. The van der Waals surface area contributed by atoms with Gasteiger partial charge in [-0.2, -0.15) is 0 Å². The first-order valence-corrected chi connectivity index (χ1v) is 34.4. The fraction of sp³-hybridized carbons (Fsp3) is 0.857. The highest BCUT2D eigenvalue weighted by atomic mass is 16.7. The van der Waals surface area contributed by atoms with E-state index in [1.807, 2.05) is 6.08 Å². The number of amides is 1. The Hall–Kier alpha value is -2.38. The van der Waals surface area contributed by atoms with Gasteiger partial charge >= 0.3 is 5.97 Å². The molecule has 1 aliphatic rings. The van der Waals surface area contributed by atoms with E-state index in [1.165, 1.54) is 193 Å². The van der Waals surface area contributed by atoms with Gasteiger partial charge in [-0.1, -0.05) is 288 Å². The highest BCUT2D eigenvalue weighted by molar-refractivity contribution is 5.80. The van der Waals surface area contributed by atoms with Gasteiger partial charge in [0.1, 0.15) is 24.4 Å². The monoisotopic (exact) mass is 1140 g/mol. The molecule has 1 saturated heterocycles. The summed E-state index contributed by atoms with van der Waals surface area (Å²) in [4.78, 5) is 26.6. The summed E-state index contributed by atoms with van der Waals surface area (Å²) in [5.41, 5.74) is 0. The van der Waals surface area contributed by atoms with Crippen molar-refractivity contribution in [3.8, 4) is 0 Å². The van der Waals surface area contributed by atoms with Crippen LogP contribution < -0.4 is 5.32 Å². The van der Waals surface area contributed by atoms with E-state index in [0.717, 1.165) is 83.5 Å². The topological polar surface area (TPSA) is 175 Å². The molecule has 0 radical (unpaired) electrons. The second kappa shape index (κ2) is 58.0. The Balaban J connectivity index is 2.55. The molecule has 1 aliphatic heterocycles. The zero-order chi connectivity index (χ0) is 58.9. The molecule has 0 saturated carbocycles. The van der Waals surface area contributed by atoms with Gasteiger partial charge in [0.15, 0.2) is 12.4 Å². The van der Waals surface area contributed by atoms with E-state index < -0.39 is 67.4 Å². The largest absolute Gasteiger partial charge is 0.454 e. The molecule has 0 aromatic carbocycles. The first-order chi connectivity index (χ1) is 39.7. The Morgan fingerprint density at radius 2 is 0.889 bits per heavy atom. The summed E-state index contributed by atoms with van der Waals surface area (Å²) < 4.78 is 17.6. The summed E-state index contributed by atoms with van der Waals surface area (Å²) in [6.45, 7) is 5.70. The second-order valence-corrected chi connectivity index (χ2v) is 23.9. The van der Waals surface area contributed by atoms with Gasteiger partial charge in [0, 0.05) is 6.42 Å². The fourth-order valence-electron chi connectivity index (χ4n) is 10.8. The van der Waals surface area contributed by atoms with Crippen molar-refractivity contribution in [2.75, 3.05) is 13.2 Å². The minimum Gasteiger partial charge on any atom is -0.454 e. The van der Waals surface area contributed by atoms with Crippen LogP contribution in [0.1, 0.15) is 323 Å². The molecule has 1 amide bonds. The quantitative estimate of drug-likeness (QED) is 0.0195. The van der Waals surface area contributed by atoms with E-state index in [9.17, 15) is 35.1 Å². The van der Waals surface area contributed by atoms with Crippen LogP contribution in [0, 0.1) is 0 Å². The van der Waals surface area contributed by atoms with E-state index in [1.54, 1.807) is 6.08 Å². The van der Waals surface area contributed by atoms with E-state index in [-0.39, 0.29) is 13.0 Å². The summed E-state index contributed by atoms with van der Waals surface area (Å²) in [7, 11) is 0. The highest BCUT2D eigenvalue weighted by Crippen LogP contribution is 2.26. The highest BCUT2D eigenvalue weighted by Gasteiger charge is 2.47. The maximum absolute atomic E-state index is 13.5. The van der Waals surface area contributed by atoms with Gasteiger partial charge in [0.2, 0.25) is 5.91 Å². The van der Waals surface area contributed by atoms with E-state index in [0.29, 0.717) is 19.3 Å². The van der Waals surface area contributed by atoms with Gasteiger partial charge < -0.3 is 45.1 Å². The maximum atomic E-state index is 13.5. The SMILES string of the molecule is CC/C=C/C/C=C/CCCCCCCCCC(=O)OC1C(OCC(NC(=O)C(O)CCCCCCCCCCCCCCCCCC/C=C/CCCCCCCC)C(O)/C=C/CCCCCCCCCCCC)OC(CO)C(O)C1O. The Bertz CT molecular complexity index is 1500. The predicted octanol–water partition coefficient (Wildman–Crippen LogP) is 17.2. The number of carbonyl (C=O) groups excluding carboxylic acids is 2. The average molecular weight is 1140 g/mol. The summed E-state index contributed by atoms with van der Waals surface area (Å²) in [6.07, 6.45) is 61.7. The molecule has 474 valence electrons. The zero-order valence-corrected chi connectivity index (χ0v) is 52.7. The molecule has 0 aromatic heterocycles. The first-order valence-electron chi connectivity index (χ1n) is 34.4. The third-order valence-corrected chi connectivity index (χ3v) is 16.2. The minimum atomic E-state index is -1.62. The van der Waals surface area contributed by atoms with Gasteiger partial charge in [-0.25, -0.2) is 0 Å². The number of nitrogens with one attached hydrogen (secondary N) is 1. The molecule has 0 aromatic rings. The summed E-state index contributed by atoms with van der Waals surface area (Å²) in [6, 6.07) is -1.02. The fourth-order valence-corrected chi connectivity index (χ4v) is 10.8. The summed E-state index contributed by atoms with van der Waals surface area (Å²) in [5, 5.41) is 57.1. The van der Waals surface area contributed by atoms with E-state index in [4.69, 9.17) is 14.2 Å². The van der Waals surface area contributed by atoms with Crippen LogP contribution in [-0.4, -0.2) is 99.6 Å². The number of ether oxygens (including phenoxy) is 3. The standard InChI is InChI=1S/C70H129NO10/c1-4-7-10-13-16-19-22-25-27-28-29-30-31-32-33-34-35-36-37-38-39-42-45-48-51-54-57-63(74)69(78)71-61(62(73)56-53-50-47-44-41-24-21-18-15-12-9-6-3)60-79-70-68(67(77)66(76)64(59-72)80-70)81-65(75)58-55-52-49-46-43-40-26-23-20-17-14-11-8-5-2/h8,11,17,20,25,27,53,56,61-64,66-68,70,72-74,76-77H,4-7,9-10,12-16,18-19,21-24,26,28-52,54-55,57-60H2,1-3H3,(H,71,78)/b11-8+,20-17+,27-25+,56-53+. The first kappa shape index (κ1) is 76.6. The number of hydrogen-bond donors (Lipinski definition) is 6. The van der Waals surface area contributed by atoms with Gasteiger partial charge in [-0.3, -0.25) is 9.59 Å². The van der Waals surface area contributed by atoms with Crippen LogP contribution >= 0.6 is 0 Å². The minimum absolute atomic E-state index is 0.116. The summed E-state index contributed by atoms with van der Waals surface area (Å²) in [5.74, 6) is -1.19. The van der Waals surface area contributed by atoms with Crippen LogP contribution in [0.25, 0.3) is 0 Å². The second-order valence-electron chi connectivity index (χ2n) is 23.9. The van der Waals surface area contributed by atoms with E-state index in [2.05, 4.69) is 62.5 Å².